The second kappa shape index (κ2) is 5.26. The van der Waals surface area contributed by atoms with Gasteiger partial charge < -0.3 is 10.6 Å². The third-order valence-corrected chi connectivity index (χ3v) is 3.87. The van der Waals surface area contributed by atoms with Gasteiger partial charge in [0.15, 0.2) is 0 Å². The first-order valence-corrected chi connectivity index (χ1v) is 6.35. The largest absolute Gasteiger partial charge is 0.316 e. The van der Waals surface area contributed by atoms with Gasteiger partial charge in [0, 0.05) is 18.5 Å². The summed E-state index contributed by atoms with van der Waals surface area (Å²) in [5, 5.41) is 6.64. The Bertz CT molecular complexity index is 192. The Morgan fingerprint density at radius 3 is 2.80 bits per heavy atom. The molecule has 0 aromatic rings. The third-order valence-electron chi connectivity index (χ3n) is 3.87. The number of alkyl halides is 1. The van der Waals surface area contributed by atoms with Crippen molar-refractivity contribution in [2.24, 2.45) is 11.8 Å². The number of piperidine rings is 2. The molecule has 0 aromatic carbocycles. The molecule has 2 N–H and O–H groups in total. The second-order valence-electron chi connectivity index (χ2n) is 5.24. The molecular weight excluding hydrogens is 191 g/mol. The SMILES string of the molecule is CC1CCNC(C(F)C2CCCNC2)C1. The van der Waals surface area contributed by atoms with E-state index in [2.05, 4.69) is 17.6 Å². The van der Waals surface area contributed by atoms with Gasteiger partial charge in [0.25, 0.3) is 0 Å². The van der Waals surface area contributed by atoms with Crippen LogP contribution in [-0.4, -0.2) is 31.8 Å². The van der Waals surface area contributed by atoms with Crippen molar-refractivity contribution in [3.63, 3.8) is 0 Å². The number of nitrogens with one attached hydrogen (secondary N) is 2. The molecule has 0 aliphatic carbocycles. The zero-order valence-electron chi connectivity index (χ0n) is 9.64. The molecule has 3 heteroatoms. The van der Waals surface area contributed by atoms with Crippen LogP contribution in [0.2, 0.25) is 0 Å². The van der Waals surface area contributed by atoms with Crippen LogP contribution in [-0.2, 0) is 0 Å². The van der Waals surface area contributed by atoms with E-state index in [1.807, 2.05) is 0 Å². The Morgan fingerprint density at radius 2 is 2.13 bits per heavy atom. The number of halogens is 1. The third kappa shape index (κ3) is 2.91. The highest BCUT2D eigenvalue weighted by Crippen LogP contribution is 2.26. The maximum absolute atomic E-state index is 14.2. The minimum atomic E-state index is -0.652. The van der Waals surface area contributed by atoms with Gasteiger partial charge in [-0.1, -0.05) is 6.92 Å². The molecule has 2 aliphatic rings. The van der Waals surface area contributed by atoms with Crippen LogP contribution in [0.25, 0.3) is 0 Å². The average Bonchev–Trinajstić information content (AvgIpc) is 2.29. The highest BCUT2D eigenvalue weighted by atomic mass is 19.1. The van der Waals surface area contributed by atoms with E-state index in [0.717, 1.165) is 38.9 Å². The highest BCUT2D eigenvalue weighted by molar-refractivity contribution is 4.88. The van der Waals surface area contributed by atoms with Gasteiger partial charge in [-0.3, -0.25) is 0 Å². The molecule has 0 radical (unpaired) electrons. The molecule has 2 rings (SSSR count). The molecule has 2 nitrogen and oxygen atoms in total. The Kier molecular flexibility index (Phi) is 3.98. The summed E-state index contributed by atoms with van der Waals surface area (Å²) in [7, 11) is 0. The number of rotatable bonds is 2. The monoisotopic (exact) mass is 214 g/mol. The Hall–Kier alpha value is -0.150. The van der Waals surface area contributed by atoms with Crippen LogP contribution >= 0.6 is 0 Å². The van der Waals surface area contributed by atoms with Gasteiger partial charge in [0.1, 0.15) is 6.17 Å². The molecule has 0 spiro atoms. The minimum absolute atomic E-state index is 0.110. The standard InChI is InChI=1S/C12H23FN2/c1-9-4-6-15-11(7-9)12(13)10-3-2-5-14-8-10/h9-12,14-15H,2-8H2,1H3. The predicted octanol–water partition coefficient (Wildman–Crippen LogP) is 1.71. The average molecular weight is 214 g/mol. The van der Waals surface area contributed by atoms with Crippen LogP contribution in [0.5, 0.6) is 0 Å². The van der Waals surface area contributed by atoms with Crippen molar-refractivity contribution in [1.29, 1.82) is 0 Å². The van der Waals surface area contributed by atoms with Crippen LogP contribution in [0.1, 0.15) is 32.6 Å². The lowest BCUT2D eigenvalue weighted by Crippen LogP contribution is -2.49. The minimum Gasteiger partial charge on any atom is -0.316 e. The van der Waals surface area contributed by atoms with E-state index in [4.69, 9.17) is 0 Å². The molecule has 0 bridgehead atoms. The molecule has 2 fully saturated rings. The molecule has 2 heterocycles. The molecule has 15 heavy (non-hydrogen) atoms. The molecule has 0 saturated carbocycles. The second-order valence-corrected chi connectivity index (χ2v) is 5.24. The van der Waals surface area contributed by atoms with E-state index in [1.54, 1.807) is 0 Å². The fourth-order valence-electron chi connectivity index (χ4n) is 2.87. The lowest BCUT2D eigenvalue weighted by atomic mass is 9.84. The smallest absolute Gasteiger partial charge is 0.119 e. The summed E-state index contributed by atoms with van der Waals surface area (Å²) in [6.45, 7) is 5.16. The first kappa shape index (κ1) is 11.3. The maximum atomic E-state index is 14.2. The van der Waals surface area contributed by atoms with Gasteiger partial charge >= 0.3 is 0 Å². The zero-order valence-corrected chi connectivity index (χ0v) is 9.64. The van der Waals surface area contributed by atoms with Crippen molar-refractivity contribution in [2.75, 3.05) is 19.6 Å². The molecule has 4 atom stereocenters. The van der Waals surface area contributed by atoms with Crippen LogP contribution < -0.4 is 10.6 Å². The van der Waals surface area contributed by atoms with Crippen molar-refractivity contribution in [3.05, 3.63) is 0 Å². The van der Waals surface area contributed by atoms with Crippen molar-refractivity contribution in [1.82, 2.24) is 10.6 Å². The van der Waals surface area contributed by atoms with Gasteiger partial charge in [0.05, 0.1) is 0 Å². The molecule has 2 aliphatic heterocycles. The summed E-state index contributed by atoms with van der Waals surface area (Å²) in [6, 6.07) is 0.110. The predicted molar refractivity (Wildman–Crippen MR) is 60.7 cm³/mol. The summed E-state index contributed by atoms with van der Waals surface area (Å²) in [5.74, 6) is 0.924. The topological polar surface area (TPSA) is 24.1 Å². The van der Waals surface area contributed by atoms with Gasteiger partial charge in [-0.25, -0.2) is 4.39 Å². The zero-order chi connectivity index (χ0) is 10.7. The Labute approximate surface area is 92.0 Å². The normalized spacial score (nSPS) is 40.0. The maximum Gasteiger partial charge on any atom is 0.119 e. The molecule has 88 valence electrons. The first-order chi connectivity index (χ1) is 7.27. The van der Waals surface area contributed by atoms with Crippen molar-refractivity contribution >= 4 is 0 Å². The van der Waals surface area contributed by atoms with Crippen LogP contribution in [0.15, 0.2) is 0 Å². The lowest BCUT2D eigenvalue weighted by Gasteiger charge is -2.35. The number of hydrogen-bond acceptors (Lipinski definition) is 2. The van der Waals surface area contributed by atoms with Crippen molar-refractivity contribution in [2.45, 2.75) is 44.8 Å². The number of hydrogen-bond donors (Lipinski definition) is 2. The van der Waals surface area contributed by atoms with E-state index >= 15 is 0 Å². The van der Waals surface area contributed by atoms with Crippen LogP contribution in [0, 0.1) is 11.8 Å². The van der Waals surface area contributed by atoms with Crippen LogP contribution in [0.3, 0.4) is 0 Å². The summed E-state index contributed by atoms with van der Waals surface area (Å²) in [6.07, 6.45) is 3.75. The Balaban J connectivity index is 1.85. The van der Waals surface area contributed by atoms with E-state index in [0.29, 0.717) is 5.92 Å². The lowest BCUT2D eigenvalue weighted by molar-refractivity contribution is 0.117. The van der Waals surface area contributed by atoms with Crippen molar-refractivity contribution in [3.8, 4) is 0 Å². The molecule has 0 amide bonds. The summed E-state index contributed by atoms with van der Waals surface area (Å²) in [5.41, 5.74) is 0. The fourth-order valence-corrected chi connectivity index (χ4v) is 2.87. The summed E-state index contributed by atoms with van der Waals surface area (Å²) < 4.78 is 14.2. The molecular formula is C12H23FN2. The van der Waals surface area contributed by atoms with Gasteiger partial charge in [-0.2, -0.15) is 0 Å². The van der Waals surface area contributed by atoms with E-state index in [9.17, 15) is 4.39 Å². The fraction of sp³-hybridized carbons (Fsp3) is 1.00. The van der Waals surface area contributed by atoms with E-state index < -0.39 is 6.17 Å². The first-order valence-electron chi connectivity index (χ1n) is 6.35. The van der Waals surface area contributed by atoms with Crippen molar-refractivity contribution < 1.29 is 4.39 Å². The molecule has 2 saturated heterocycles. The summed E-state index contributed by atoms with van der Waals surface area (Å²) >= 11 is 0. The van der Waals surface area contributed by atoms with Gasteiger partial charge in [0.2, 0.25) is 0 Å². The highest BCUT2D eigenvalue weighted by Gasteiger charge is 2.32. The van der Waals surface area contributed by atoms with Gasteiger partial charge in [-0.05, 0) is 44.7 Å². The van der Waals surface area contributed by atoms with Crippen LogP contribution in [0.4, 0.5) is 4.39 Å². The van der Waals surface area contributed by atoms with E-state index in [1.165, 1.54) is 6.42 Å². The Morgan fingerprint density at radius 1 is 1.27 bits per heavy atom. The van der Waals surface area contributed by atoms with E-state index in [-0.39, 0.29) is 12.0 Å². The summed E-state index contributed by atoms with van der Waals surface area (Å²) in [4.78, 5) is 0. The molecule has 0 aromatic heterocycles. The quantitative estimate of drug-likeness (QED) is 0.731. The van der Waals surface area contributed by atoms with Gasteiger partial charge in [-0.15, -0.1) is 0 Å². The molecule has 4 unspecified atom stereocenters.